The van der Waals surface area contributed by atoms with Crippen molar-refractivity contribution in [1.82, 2.24) is 4.98 Å². The van der Waals surface area contributed by atoms with Gasteiger partial charge in [0, 0.05) is 12.7 Å². The van der Waals surface area contributed by atoms with E-state index >= 15 is 0 Å². The van der Waals surface area contributed by atoms with Gasteiger partial charge in [0.1, 0.15) is 11.6 Å². The van der Waals surface area contributed by atoms with Crippen molar-refractivity contribution in [2.24, 2.45) is 5.92 Å². The number of aromatic nitrogens is 1. The van der Waals surface area contributed by atoms with E-state index in [2.05, 4.69) is 10.3 Å². The van der Waals surface area contributed by atoms with Gasteiger partial charge in [0.25, 0.3) is 5.91 Å². The Bertz CT molecular complexity index is 1090. The quantitative estimate of drug-likeness (QED) is 0.779. The van der Waals surface area contributed by atoms with Crippen LogP contribution in [0.1, 0.15) is 20.9 Å². The van der Waals surface area contributed by atoms with E-state index < -0.39 is 51.5 Å². The van der Waals surface area contributed by atoms with Gasteiger partial charge in [-0.3, -0.25) is 4.79 Å². The Kier molecular flexibility index (Phi) is 4.79. The molecule has 1 N–H and O–H groups in total. The standard InChI is InChI=1S/C18H18F2N2O5S/c1-26-16-3-2-13(28(24,25)10-11-4-5-27-9-11)7-14(16)18(23)22-17-15(20)6-12(19)8-21-17/h2-3,6-8,11H,4-5,9-10H2,1H3,(H,21,22,23)/t11-/m0/s1/i1D3. The third-order valence-corrected chi connectivity index (χ3v) is 6.07. The number of anilines is 1. The van der Waals surface area contributed by atoms with Crippen molar-refractivity contribution in [2.75, 3.05) is 31.3 Å². The van der Waals surface area contributed by atoms with Gasteiger partial charge in [0.2, 0.25) is 0 Å². The Labute approximate surface area is 164 Å². The number of halogens is 2. The third-order valence-electron chi connectivity index (χ3n) is 4.18. The summed E-state index contributed by atoms with van der Waals surface area (Å²) in [6.07, 6.45) is 1.24. The normalized spacial score (nSPS) is 18.8. The summed E-state index contributed by atoms with van der Waals surface area (Å²) in [5.41, 5.74) is -0.467. The number of methoxy groups -OCH3 is 1. The summed E-state index contributed by atoms with van der Waals surface area (Å²) in [5, 5.41) is 2.06. The second kappa shape index (κ2) is 8.19. The van der Waals surface area contributed by atoms with Crippen LogP contribution in [0.15, 0.2) is 35.4 Å². The molecule has 7 nitrogen and oxygen atoms in total. The zero-order valence-electron chi connectivity index (χ0n) is 17.4. The first-order chi connectivity index (χ1) is 14.4. The second-order valence-electron chi connectivity index (χ2n) is 6.21. The molecule has 0 spiro atoms. The first kappa shape index (κ1) is 16.4. The molecule has 1 saturated heterocycles. The van der Waals surface area contributed by atoms with Crippen LogP contribution in [0.5, 0.6) is 5.75 Å². The molecule has 28 heavy (non-hydrogen) atoms. The molecule has 1 fully saturated rings. The number of amides is 1. The van der Waals surface area contributed by atoms with E-state index in [1.54, 1.807) is 0 Å². The fraction of sp³-hybridized carbons (Fsp3) is 0.333. The van der Waals surface area contributed by atoms with Gasteiger partial charge in [-0.25, -0.2) is 22.2 Å². The number of pyridine rings is 1. The predicted octanol–water partition coefficient (Wildman–Crippen LogP) is 2.43. The summed E-state index contributed by atoms with van der Waals surface area (Å²) >= 11 is 0. The first-order valence-corrected chi connectivity index (χ1v) is 9.86. The van der Waals surface area contributed by atoms with Crippen LogP contribution in [-0.4, -0.2) is 45.3 Å². The Morgan fingerprint density at radius 3 is 2.93 bits per heavy atom. The van der Waals surface area contributed by atoms with Gasteiger partial charge in [0.05, 0.1) is 40.2 Å². The summed E-state index contributed by atoms with van der Waals surface area (Å²) in [6, 6.07) is 3.60. The van der Waals surface area contributed by atoms with Crippen molar-refractivity contribution in [1.29, 1.82) is 0 Å². The molecule has 1 aromatic carbocycles. The summed E-state index contributed by atoms with van der Waals surface area (Å²) in [5.74, 6) is -4.72. The molecule has 0 saturated carbocycles. The number of sulfone groups is 1. The first-order valence-electron chi connectivity index (χ1n) is 9.70. The highest BCUT2D eigenvalue weighted by atomic mass is 32.2. The number of nitrogens with one attached hydrogen (secondary N) is 1. The Balaban J connectivity index is 1.96. The molecule has 0 bridgehead atoms. The molecular formula is C18H18F2N2O5S. The van der Waals surface area contributed by atoms with Gasteiger partial charge in [0.15, 0.2) is 21.5 Å². The van der Waals surface area contributed by atoms with Gasteiger partial charge < -0.3 is 14.8 Å². The smallest absolute Gasteiger partial charge is 0.260 e. The Morgan fingerprint density at radius 2 is 2.25 bits per heavy atom. The van der Waals surface area contributed by atoms with Crippen molar-refractivity contribution < 1.29 is 35.6 Å². The Morgan fingerprint density at radius 1 is 1.43 bits per heavy atom. The van der Waals surface area contributed by atoms with Gasteiger partial charge >= 0.3 is 0 Å². The van der Waals surface area contributed by atoms with Crippen LogP contribution in [0.2, 0.25) is 0 Å². The number of carbonyl (C=O) groups excluding carboxylic acids is 1. The lowest BCUT2D eigenvalue weighted by molar-refractivity contribution is 0.102. The van der Waals surface area contributed by atoms with Crippen LogP contribution < -0.4 is 10.1 Å². The molecule has 1 aliphatic heterocycles. The van der Waals surface area contributed by atoms with Gasteiger partial charge in [-0.05, 0) is 30.5 Å². The molecule has 1 aromatic heterocycles. The fourth-order valence-corrected chi connectivity index (χ4v) is 4.42. The number of carbonyl (C=O) groups is 1. The minimum absolute atomic E-state index is 0.210. The maximum atomic E-state index is 13.8. The lowest BCUT2D eigenvalue weighted by Gasteiger charge is -2.13. The highest BCUT2D eigenvalue weighted by Crippen LogP contribution is 2.26. The maximum Gasteiger partial charge on any atom is 0.260 e. The monoisotopic (exact) mass is 415 g/mol. The van der Waals surface area contributed by atoms with Gasteiger partial charge in [-0.2, -0.15) is 0 Å². The van der Waals surface area contributed by atoms with E-state index in [9.17, 15) is 22.0 Å². The fourth-order valence-electron chi connectivity index (χ4n) is 2.77. The van der Waals surface area contributed by atoms with Crippen LogP contribution in [0.3, 0.4) is 0 Å². The average Bonchev–Trinajstić information content (AvgIpc) is 3.15. The number of benzene rings is 1. The zero-order valence-corrected chi connectivity index (χ0v) is 15.3. The number of nitrogens with zero attached hydrogens (tertiary/aromatic N) is 1. The summed E-state index contributed by atoms with van der Waals surface area (Å²) in [6.45, 7) is 0.748. The van der Waals surface area contributed by atoms with Crippen molar-refractivity contribution in [2.45, 2.75) is 11.3 Å². The summed E-state index contributed by atoms with van der Waals surface area (Å²) in [4.78, 5) is 15.9. The number of hydrogen-bond acceptors (Lipinski definition) is 6. The molecule has 150 valence electrons. The highest BCUT2D eigenvalue weighted by Gasteiger charge is 2.26. The second-order valence-corrected chi connectivity index (χ2v) is 8.24. The molecule has 2 aromatic rings. The zero-order chi connectivity index (χ0) is 22.8. The molecule has 0 radical (unpaired) electrons. The van der Waals surface area contributed by atoms with Crippen LogP contribution >= 0.6 is 0 Å². The SMILES string of the molecule is [2H]C([2H])([2H])Oc1ccc(S(=O)(=O)C[C@H]2CCOC2)cc1C(=O)Nc1ncc(F)cc1F. The minimum Gasteiger partial charge on any atom is -0.496 e. The van der Waals surface area contributed by atoms with E-state index in [1.165, 1.54) is 0 Å². The van der Waals surface area contributed by atoms with E-state index in [-0.39, 0.29) is 16.6 Å². The minimum atomic E-state index is -3.84. The number of rotatable bonds is 6. The topological polar surface area (TPSA) is 94.6 Å². The molecule has 10 heteroatoms. The lowest BCUT2D eigenvalue weighted by Crippen LogP contribution is -2.19. The van der Waals surface area contributed by atoms with Crippen LogP contribution in [0, 0.1) is 17.6 Å². The predicted molar refractivity (Wildman–Crippen MR) is 96.1 cm³/mol. The third kappa shape index (κ3) is 4.45. The summed E-state index contributed by atoms with van der Waals surface area (Å²) in [7, 11) is -6.78. The Hall–Kier alpha value is -2.59. The van der Waals surface area contributed by atoms with Crippen LogP contribution in [-0.2, 0) is 14.6 Å². The van der Waals surface area contributed by atoms with Crippen molar-refractivity contribution in [3.63, 3.8) is 0 Å². The number of ether oxygens (including phenoxy) is 2. The summed E-state index contributed by atoms with van der Waals surface area (Å²) < 4.78 is 84.1. The van der Waals surface area contributed by atoms with E-state index in [1.807, 2.05) is 0 Å². The van der Waals surface area contributed by atoms with Crippen LogP contribution in [0.25, 0.3) is 0 Å². The largest absolute Gasteiger partial charge is 0.496 e. The molecule has 1 aliphatic rings. The number of hydrogen-bond donors (Lipinski definition) is 1. The van der Waals surface area contributed by atoms with E-state index in [4.69, 9.17) is 13.6 Å². The van der Waals surface area contributed by atoms with E-state index in [0.29, 0.717) is 31.9 Å². The van der Waals surface area contributed by atoms with Crippen LogP contribution in [0.4, 0.5) is 14.6 Å². The maximum absolute atomic E-state index is 13.8. The average molecular weight is 415 g/mol. The molecule has 1 atom stereocenters. The van der Waals surface area contributed by atoms with Crippen molar-refractivity contribution >= 4 is 21.6 Å². The van der Waals surface area contributed by atoms with Crippen molar-refractivity contribution in [3.05, 3.63) is 47.7 Å². The van der Waals surface area contributed by atoms with Crippen molar-refractivity contribution in [3.8, 4) is 5.75 Å². The molecule has 1 amide bonds. The van der Waals surface area contributed by atoms with E-state index in [0.717, 1.165) is 18.2 Å². The van der Waals surface area contributed by atoms with Gasteiger partial charge in [-0.15, -0.1) is 0 Å². The molecule has 0 aliphatic carbocycles. The lowest BCUT2D eigenvalue weighted by atomic mass is 10.2. The molecule has 2 heterocycles. The molecule has 3 rings (SSSR count). The van der Waals surface area contributed by atoms with Gasteiger partial charge in [-0.1, -0.05) is 0 Å². The molecule has 0 unspecified atom stereocenters. The molecular weight excluding hydrogens is 394 g/mol. The highest BCUT2D eigenvalue weighted by molar-refractivity contribution is 7.91.